The van der Waals surface area contributed by atoms with Crippen LogP contribution in [0.1, 0.15) is 28.1 Å². The van der Waals surface area contributed by atoms with Crippen LogP contribution in [0.3, 0.4) is 0 Å². The second-order valence-electron chi connectivity index (χ2n) is 4.93. The highest BCUT2D eigenvalue weighted by atomic mass is 32.1. The van der Waals surface area contributed by atoms with Gasteiger partial charge in [0.2, 0.25) is 0 Å². The van der Waals surface area contributed by atoms with Crippen LogP contribution >= 0.6 is 25.3 Å². The molecule has 0 N–H and O–H groups in total. The van der Waals surface area contributed by atoms with Crippen LogP contribution in [0.15, 0.2) is 0 Å². The largest absolute Gasteiger partial charge is 1.00 e. The summed E-state index contributed by atoms with van der Waals surface area (Å²) in [6.07, 6.45) is 1.73. The molecule has 0 aliphatic carbocycles. The van der Waals surface area contributed by atoms with Gasteiger partial charge in [-0.15, -0.1) is 0 Å². The molecule has 0 aromatic carbocycles. The van der Waals surface area contributed by atoms with E-state index < -0.39 is 6.96 Å². The summed E-state index contributed by atoms with van der Waals surface area (Å²) in [4.78, 5) is 0. The highest BCUT2D eigenvalue weighted by Crippen LogP contribution is 2.32. The Morgan fingerprint density at radius 2 is 1.47 bits per heavy atom. The lowest BCUT2D eigenvalue weighted by Gasteiger charge is -2.29. The molecule has 0 saturated carbocycles. The Bertz CT molecular complexity index is 244. The van der Waals surface area contributed by atoms with Crippen molar-refractivity contribution in [3.63, 3.8) is 0 Å². The van der Waals surface area contributed by atoms with E-state index in [9.17, 15) is 0 Å². The van der Waals surface area contributed by atoms with E-state index in [2.05, 4.69) is 25.3 Å². The van der Waals surface area contributed by atoms with Gasteiger partial charge in [0.05, 0.1) is 0 Å². The fourth-order valence-corrected chi connectivity index (χ4v) is 2.72. The average molecular weight is 280 g/mol. The molecule has 4 unspecified atom stereocenters. The smallest absolute Gasteiger partial charge is 0.517 e. The van der Waals surface area contributed by atoms with Crippen molar-refractivity contribution in [1.82, 2.24) is 0 Å². The second kappa shape index (κ2) is 5.71. The molecule has 4 nitrogen and oxygen atoms in total. The van der Waals surface area contributed by atoms with Gasteiger partial charge in [0.1, 0.15) is 0 Å². The average Bonchev–Trinajstić information content (AvgIpc) is 2.74. The molecule has 100 valence electrons. The van der Waals surface area contributed by atoms with E-state index in [0.717, 1.165) is 12.8 Å². The van der Waals surface area contributed by atoms with Crippen molar-refractivity contribution in [3.8, 4) is 0 Å². The highest BCUT2D eigenvalue weighted by molar-refractivity contribution is 7.81. The maximum Gasteiger partial charge on any atom is 1.00 e. The Morgan fingerprint density at radius 1 is 1.06 bits per heavy atom. The summed E-state index contributed by atoms with van der Waals surface area (Å²) in [5, 5.41) is 0.563. The first kappa shape index (κ1) is 14.0. The summed E-state index contributed by atoms with van der Waals surface area (Å²) in [5.41, 5.74) is 0. The topological polar surface area (TPSA) is 36.9 Å². The summed E-state index contributed by atoms with van der Waals surface area (Å²) >= 11 is 8.69. The van der Waals surface area contributed by atoms with Crippen LogP contribution in [0.4, 0.5) is 0 Å². The number of rotatable bonds is 4. The fourth-order valence-electron chi connectivity index (χ4n) is 2.25. The van der Waals surface area contributed by atoms with E-state index in [0.29, 0.717) is 13.2 Å². The van der Waals surface area contributed by atoms with Crippen molar-refractivity contribution in [2.45, 2.75) is 49.4 Å². The van der Waals surface area contributed by atoms with Gasteiger partial charge in [0.15, 0.2) is 0 Å². The zero-order valence-electron chi connectivity index (χ0n) is 11.2. The lowest BCUT2D eigenvalue weighted by atomic mass is 10.1. The van der Waals surface area contributed by atoms with Crippen LogP contribution in [-0.4, -0.2) is 42.9 Å². The van der Waals surface area contributed by atoms with Gasteiger partial charge in [-0.05, 0) is 12.8 Å². The lowest BCUT2D eigenvalue weighted by molar-refractivity contribution is 0.0747. The van der Waals surface area contributed by atoms with Crippen LogP contribution in [0.5, 0.6) is 0 Å². The van der Waals surface area contributed by atoms with E-state index in [-0.39, 0.29) is 24.1 Å². The molecule has 2 heterocycles. The molecule has 0 radical (unpaired) electrons. The molecular formula is C10H21BO4S2. The minimum absolute atomic E-state index is 0. The fraction of sp³-hybridized carbons (Fsp3) is 1.00. The normalized spacial score (nSPS) is 40.9. The van der Waals surface area contributed by atoms with Crippen LogP contribution in [0.2, 0.25) is 0 Å². The predicted molar refractivity (Wildman–Crippen MR) is 74.6 cm³/mol. The van der Waals surface area contributed by atoms with Crippen molar-refractivity contribution >= 4 is 32.2 Å². The molecule has 4 atom stereocenters. The Hall–Kier alpha value is 0.605. The molecule has 2 fully saturated rings. The minimum Gasteiger partial charge on any atom is -0.517 e. The van der Waals surface area contributed by atoms with Gasteiger partial charge >= 0.3 is 8.38 Å². The first-order valence-electron chi connectivity index (χ1n) is 6.11. The van der Waals surface area contributed by atoms with E-state index in [1.807, 2.05) is 13.8 Å². The lowest BCUT2D eigenvalue weighted by Crippen LogP contribution is -2.40. The molecule has 0 aromatic rings. The Morgan fingerprint density at radius 3 is 1.82 bits per heavy atom. The quantitative estimate of drug-likeness (QED) is 0.608. The van der Waals surface area contributed by atoms with Crippen LogP contribution in [0.25, 0.3) is 0 Å². The Labute approximate surface area is 115 Å². The molecule has 2 rings (SSSR count). The number of thiol groups is 2. The molecule has 0 amide bonds. The van der Waals surface area contributed by atoms with E-state index in [1.54, 1.807) is 0 Å². The zero-order chi connectivity index (χ0) is 12.5. The standard InChI is InChI=1S/C10H20BO4S2/c1-7(16)3-9-5-12-11(14-9)13-6-10(15-11)4-8(2)17/h7-10,16-17H,3-6H2,1-2H3/q-1/p+1. The summed E-state index contributed by atoms with van der Waals surface area (Å²) in [7, 11) is 0. The molecular weight excluding hydrogens is 259 g/mol. The third-order valence-corrected chi connectivity index (χ3v) is 3.32. The third kappa shape index (κ3) is 3.78. The SMILES string of the molecule is CC(S)CC1CO[B-]2(OCC(CC(C)S)O2)O1.[H+]. The van der Waals surface area contributed by atoms with Crippen molar-refractivity contribution in [3.05, 3.63) is 0 Å². The van der Waals surface area contributed by atoms with E-state index >= 15 is 0 Å². The summed E-state index contributed by atoms with van der Waals surface area (Å²) in [6, 6.07) is 0. The van der Waals surface area contributed by atoms with Gasteiger partial charge in [-0.25, -0.2) is 0 Å². The van der Waals surface area contributed by atoms with Crippen LogP contribution in [0, 0.1) is 0 Å². The van der Waals surface area contributed by atoms with Gasteiger partial charge in [-0.3, -0.25) is 0 Å². The van der Waals surface area contributed by atoms with Crippen molar-refractivity contribution in [2.24, 2.45) is 0 Å². The molecule has 2 aliphatic heterocycles. The van der Waals surface area contributed by atoms with Gasteiger partial charge < -0.3 is 18.6 Å². The van der Waals surface area contributed by atoms with Gasteiger partial charge in [0, 0.05) is 35.9 Å². The molecule has 2 saturated heterocycles. The summed E-state index contributed by atoms with van der Waals surface area (Å²) in [6.45, 7) is 3.16. The maximum absolute atomic E-state index is 5.75. The zero-order valence-corrected chi connectivity index (χ0v) is 12.0. The van der Waals surface area contributed by atoms with Crippen LogP contribution in [-0.2, 0) is 18.6 Å². The molecule has 7 heteroatoms. The Balaban J connectivity index is 0.00000162. The monoisotopic (exact) mass is 280 g/mol. The van der Waals surface area contributed by atoms with E-state index in [4.69, 9.17) is 18.6 Å². The minimum atomic E-state index is -1.95. The summed E-state index contributed by atoms with van der Waals surface area (Å²) < 4.78 is 22.6. The van der Waals surface area contributed by atoms with E-state index in [1.165, 1.54) is 0 Å². The second-order valence-corrected chi connectivity index (χ2v) is 6.69. The number of hydrogen-bond donors (Lipinski definition) is 2. The Kier molecular flexibility index (Phi) is 4.71. The van der Waals surface area contributed by atoms with Crippen LogP contribution < -0.4 is 0 Å². The maximum atomic E-state index is 5.75. The number of hydrogen-bond acceptors (Lipinski definition) is 6. The van der Waals surface area contributed by atoms with Gasteiger partial charge in [-0.1, -0.05) is 13.8 Å². The molecule has 17 heavy (non-hydrogen) atoms. The van der Waals surface area contributed by atoms with Gasteiger partial charge in [-0.2, -0.15) is 25.3 Å². The molecule has 0 aromatic heterocycles. The first-order chi connectivity index (χ1) is 7.99. The predicted octanol–water partition coefficient (Wildman–Crippen LogP) is 1.78. The van der Waals surface area contributed by atoms with Crippen molar-refractivity contribution < 1.29 is 20.0 Å². The van der Waals surface area contributed by atoms with Crippen molar-refractivity contribution in [1.29, 1.82) is 0 Å². The van der Waals surface area contributed by atoms with Gasteiger partial charge in [0.25, 0.3) is 0 Å². The first-order valence-corrected chi connectivity index (χ1v) is 7.14. The molecule has 2 aliphatic rings. The highest BCUT2D eigenvalue weighted by Gasteiger charge is 2.46. The van der Waals surface area contributed by atoms with Crippen molar-refractivity contribution in [2.75, 3.05) is 13.2 Å². The third-order valence-electron chi connectivity index (χ3n) is 2.90. The summed E-state index contributed by atoms with van der Waals surface area (Å²) in [5.74, 6) is 0. The molecule has 0 bridgehead atoms. The molecule has 1 spiro atoms.